The van der Waals surface area contributed by atoms with Crippen molar-refractivity contribution in [2.24, 2.45) is 5.92 Å². The summed E-state index contributed by atoms with van der Waals surface area (Å²) in [5.41, 5.74) is 1.48. The van der Waals surface area contributed by atoms with Gasteiger partial charge in [0.15, 0.2) is 0 Å². The maximum atomic E-state index is 10.7. The largest absolute Gasteiger partial charge is 0.282 e. The molecule has 0 amide bonds. The Labute approximate surface area is 162 Å². The second-order valence-electron chi connectivity index (χ2n) is 7.32. The zero-order valence-electron chi connectivity index (χ0n) is 17.1. The Morgan fingerprint density at radius 3 is 2.15 bits per heavy atom. The van der Waals surface area contributed by atoms with Crippen LogP contribution in [0, 0.1) is 17.2 Å². The molecule has 1 saturated carbocycles. The maximum absolute atomic E-state index is 10.7. The number of hydrogen-bond donors (Lipinski definition) is 0. The van der Waals surface area contributed by atoms with Gasteiger partial charge in [0, 0.05) is 5.92 Å². The van der Waals surface area contributed by atoms with Gasteiger partial charge in [0.05, 0.1) is 0 Å². The quantitative estimate of drug-likeness (QED) is 0.206. The predicted molar refractivity (Wildman–Crippen MR) is 113 cm³/mol. The number of nitrogens with zero attached hydrogens (tertiary/aromatic N) is 1. The fourth-order valence-electron chi connectivity index (χ4n) is 3.20. The van der Waals surface area contributed by atoms with Crippen molar-refractivity contribution in [1.82, 2.24) is 0 Å². The number of hydrogen-bond acceptors (Lipinski definition) is 2. The Morgan fingerprint density at radius 2 is 1.62 bits per heavy atom. The summed E-state index contributed by atoms with van der Waals surface area (Å²) in [7, 11) is 0. The summed E-state index contributed by atoms with van der Waals surface area (Å²) in [6.07, 6.45) is 24.7. The van der Waals surface area contributed by atoms with Crippen LogP contribution in [0.5, 0.6) is 0 Å². The lowest BCUT2D eigenvalue weighted by Crippen LogP contribution is -2.06. The van der Waals surface area contributed by atoms with E-state index in [4.69, 9.17) is 5.26 Å². The van der Waals surface area contributed by atoms with E-state index in [9.17, 15) is 4.79 Å². The molecule has 0 aromatic heterocycles. The first kappa shape index (κ1) is 24.4. The zero-order valence-corrected chi connectivity index (χ0v) is 17.1. The molecule has 0 aliphatic heterocycles. The fourth-order valence-corrected chi connectivity index (χ4v) is 3.20. The highest BCUT2D eigenvalue weighted by atomic mass is 16.1. The minimum absolute atomic E-state index is 0.0787. The van der Waals surface area contributed by atoms with Gasteiger partial charge in [-0.15, -0.1) is 0 Å². The maximum Gasteiger partial charge on any atom is 0.234 e. The van der Waals surface area contributed by atoms with E-state index < -0.39 is 0 Å². The van der Waals surface area contributed by atoms with Gasteiger partial charge < -0.3 is 0 Å². The van der Waals surface area contributed by atoms with E-state index in [1.165, 1.54) is 63.4 Å². The third-order valence-corrected chi connectivity index (χ3v) is 4.89. The highest BCUT2D eigenvalue weighted by molar-refractivity contribution is 5.95. The summed E-state index contributed by atoms with van der Waals surface area (Å²) in [5, 5.41) is 8.20. The van der Waals surface area contributed by atoms with Crippen molar-refractivity contribution < 1.29 is 4.79 Å². The average Bonchev–Trinajstić information content (AvgIpc) is 3.19. The number of ketones is 1. The van der Waals surface area contributed by atoms with E-state index in [-0.39, 0.29) is 11.7 Å². The smallest absolute Gasteiger partial charge is 0.234 e. The third-order valence-electron chi connectivity index (χ3n) is 4.89. The van der Waals surface area contributed by atoms with Gasteiger partial charge in [-0.2, -0.15) is 5.26 Å². The summed E-state index contributed by atoms with van der Waals surface area (Å²) >= 11 is 0. The van der Waals surface area contributed by atoms with E-state index in [0.717, 1.165) is 25.7 Å². The standard InChI is InChI=1S/C17H30.C7H9NO/c1-4-6-8-9-10-11-12-14-16-17(3)15-13-7-5-2;8-5-7(9)6-3-1-2-4-6/h5,7,13,15H,2,4,6,8-12,14,16H2,1,3H3;6H,1-4H2/b13-7-,17-15+;. The van der Waals surface area contributed by atoms with Crippen molar-refractivity contribution in [2.75, 3.05) is 0 Å². The molecule has 1 rings (SSSR count). The number of carbonyl (C=O) groups is 1. The normalized spacial score (nSPS) is 14.7. The fraction of sp³-hybridized carbons (Fsp3) is 0.667. The van der Waals surface area contributed by atoms with Crippen molar-refractivity contribution in [3.63, 3.8) is 0 Å². The minimum atomic E-state index is -0.215. The van der Waals surface area contributed by atoms with Crippen LogP contribution in [0.2, 0.25) is 0 Å². The third kappa shape index (κ3) is 14.7. The molecule has 1 aliphatic rings. The molecule has 0 N–H and O–H groups in total. The number of allylic oxidation sites excluding steroid dienone is 5. The molecule has 0 aromatic rings. The number of carbonyl (C=O) groups excluding carboxylic acids is 1. The van der Waals surface area contributed by atoms with E-state index in [1.807, 2.05) is 12.2 Å². The van der Waals surface area contributed by atoms with Gasteiger partial charge in [-0.25, -0.2) is 0 Å². The number of rotatable bonds is 12. The van der Waals surface area contributed by atoms with Gasteiger partial charge in [-0.1, -0.05) is 101 Å². The van der Waals surface area contributed by atoms with Gasteiger partial charge in [-0.05, 0) is 32.6 Å². The van der Waals surface area contributed by atoms with E-state index in [0.29, 0.717) is 0 Å². The van der Waals surface area contributed by atoms with Crippen molar-refractivity contribution in [1.29, 1.82) is 5.26 Å². The van der Waals surface area contributed by atoms with E-state index >= 15 is 0 Å². The van der Waals surface area contributed by atoms with Gasteiger partial charge in [0.1, 0.15) is 6.07 Å². The monoisotopic (exact) mass is 357 g/mol. The SMILES string of the molecule is C=C/C=C\C=C(/C)CCCCCCCCCC.N#CC(=O)C1CCCC1. The molecule has 0 bridgehead atoms. The Bertz CT molecular complexity index is 461. The highest BCUT2D eigenvalue weighted by Gasteiger charge is 2.21. The molecule has 2 nitrogen and oxygen atoms in total. The van der Waals surface area contributed by atoms with E-state index in [1.54, 1.807) is 6.07 Å². The molecule has 0 aromatic carbocycles. The lowest BCUT2D eigenvalue weighted by Gasteiger charge is -2.02. The zero-order chi connectivity index (χ0) is 19.5. The minimum Gasteiger partial charge on any atom is -0.282 e. The van der Waals surface area contributed by atoms with Crippen LogP contribution >= 0.6 is 0 Å². The van der Waals surface area contributed by atoms with Crippen molar-refractivity contribution >= 4 is 5.78 Å². The highest BCUT2D eigenvalue weighted by Crippen LogP contribution is 2.24. The first-order valence-electron chi connectivity index (χ1n) is 10.5. The molecule has 0 unspecified atom stereocenters. The van der Waals surface area contributed by atoms with Crippen molar-refractivity contribution in [2.45, 2.75) is 97.3 Å². The summed E-state index contributed by atoms with van der Waals surface area (Å²) < 4.78 is 0. The molecule has 0 saturated heterocycles. The first-order chi connectivity index (χ1) is 12.7. The lowest BCUT2D eigenvalue weighted by atomic mass is 10.0. The van der Waals surface area contributed by atoms with Crippen LogP contribution in [0.4, 0.5) is 0 Å². The molecule has 1 fully saturated rings. The second kappa shape index (κ2) is 18.2. The van der Waals surface area contributed by atoms with Gasteiger partial charge in [-0.3, -0.25) is 4.79 Å². The summed E-state index contributed by atoms with van der Waals surface area (Å²) in [6.45, 7) is 8.15. The average molecular weight is 358 g/mol. The molecule has 0 atom stereocenters. The molecular formula is C24H39NO. The van der Waals surface area contributed by atoms with Crippen LogP contribution in [-0.2, 0) is 4.79 Å². The number of unbranched alkanes of at least 4 members (excludes halogenated alkanes) is 7. The Morgan fingerprint density at radius 1 is 1.04 bits per heavy atom. The van der Waals surface area contributed by atoms with Crippen LogP contribution < -0.4 is 0 Å². The second-order valence-corrected chi connectivity index (χ2v) is 7.32. The summed E-state index contributed by atoms with van der Waals surface area (Å²) in [4.78, 5) is 10.7. The van der Waals surface area contributed by atoms with Crippen LogP contribution in [-0.4, -0.2) is 5.78 Å². The van der Waals surface area contributed by atoms with Gasteiger partial charge >= 0.3 is 0 Å². The Hall–Kier alpha value is -1.62. The van der Waals surface area contributed by atoms with Gasteiger partial charge in [0.2, 0.25) is 5.78 Å². The molecule has 0 radical (unpaired) electrons. The Kier molecular flexibility index (Phi) is 17.0. The molecular weight excluding hydrogens is 318 g/mol. The molecule has 26 heavy (non-hydrogen) atoms. The molecule has 0 heterocycles. The summed E-state index contributed by atoms with van der Waals surface area (Å²) in [6, 6.07) is 1.67. The molecule has 146 valence electrons. The first-order valence-corrected chi connectivity index (χ1v) is 10.5. The predicted octanol–water partition coefficient (Wildman–Crippen LogP) is 7.47. The number of nitriles is 1. The molecule has 2 heteroatoms. The molecule has 1 aliphatic carbocycles. The van der Waals surface area contributed by atoms with Gasteiger partial charge in [0.25, 0.3) is 0 Å². The Balaban J connectivity index is 0.000000577. The van der Waals surface area contributed by atoms with Crippen LogP contribution in [0.25, 0.3) is 0 Å². The lowest BCUT2D eigenvalue weighted by molar-refractivity contribution is -0.117. The number of Topliss-reactive ketones (excluding diaryl/α,β-unsaturated/α-hetero) is 1. The van der Waals surface area contributed by atoms with Crippen molar-refractivity contribution in [3.8, 4) is 6.07 Å². The van der Waals surface area contributed by atoms with E-state index in [2.05, 4.69) is 32.6 Å². The van der Waals surface area contributed by atoms with Crippen LogP contribution in [0.1, 0.15) is 97.3 Å². The van der Waals surface area contributed by atoms with Crippen LogP contribution in [0.3, 0.4) is 0 Å². The summed E-state index contributed by atoms with van der Waals surface area (Å²) in [5.74, 6) is -0.137. The van der Waals surface area contributed by atoms with Crippen LogP contribution in [0.15, 0.2) is 36.5 Å². The topological polar surface area (TPSA) is 40.9 Å². The van der Waals surface area contributed by atoms with Crippen molar-refractivity contribution in [3.05, 3.63) is 36.5 Å². The molecule has 0 spiro atoms.